The highest BCUT2D eigenvalue weighted by Crippen LogP contribution is 2.38. The van der Waals surface area contributed by atoms with Crippen molar-refractivity contribution in [3.63, 3.8) is 0 Å². The molecule has 2 heterocycles. The second-order valence-corrected chi connectivity index (χ2v) is 8.43. The van der Waals surface area contributed by atoms with Crippen LogP contribution in [0.4, 0.5) is 0 Å². The Balaban J connectivity index is 1.38. The van der Waals surface area contributed by atoms with Crippen molar-refractivity contribution in [1.82, 2.24) is 24.6 Å². The Morgan fingerprint density at radius 2 is 1.78 bits per heavy atom. The standard InChI is InChI=1S/C26H26ClN5O5/c1-35-21-12-18(13-22(36-2)24(21)37-3)6-9-23(33)28-10-11-32-25-20(14-30-32)26(34)31(16-29-25)15-17-4-7-19(27)8-5-17/h4-9,12-14,16H,10-11,15H2,1-3H3,(H,28,33)/b9-6-. The molecule has 0 bridgehead atoms. The van der Waals surface area contributed by atoms with E-state index in [-0.39, 0.29) is 11.5 Å². The van der Waals surface area contributed by atoms with E-state index in [1.807, 2.05) is 12.1 Å². The van der Waals surface area contributed by atoms with Crippen molar-refractivity contribution >= 4 is 34.6 Å². The molecule has 0 aliphatic carbocycles. The third-order valence-electron chi connectivity index (χ3n) is 5.63. The van der Waals surface area contributed by atoms with E-state index in [0.29, 0.717) is 58.5 Å². The van der Waals surface area contributed by atoms with Crippen LogP contribution in [-0.2, 0) is 17.9 Å². The second kappa shape index (κ2) is 11.6. The topological polar surface area (TPSA) is 110 Å². The number of aromatic nitrogens is 4. The molecule has 0 atom stereocenters. The smallest absolute Gasteiger partial charge is 0.264 e. The van der Waals surface area contributed by atoms with Gasteiger partial charge in [0.25, 0.3) is 5.56 Å². The quantitative estimate of drug-likeness (QED) is 0.318. The fraction of sp³-hybridized carbons (Fsp3) is 0.231. The van der Waals surface area contributed by atoms with Crippen LogP contribution in [0.2, 0.25) is 5.02 Å². The van der Waals surface area contributed by atoms with Crippen molar-refractivity contribution in [3.8, 4) is 17.2 Å². The van der Waals surface area contributed by atoms with Gasteiger partial charge in [0.1, 0.15) is 11.7 Å². The van der Waals surface area contributed by atoms with Gasteiger partial charge in [0.15, 0.2) is 17.1 Å². The van der Waals surface area contributed by atoms with Gasteiger partial charge in [0.05, 0.1) is 40.6 Å². The minimum atomic E-state index is -0.288. The Labute approximate surface area is 218 Å². The molecule has 192 valence electrons. The van der Waals surface area contributed by atoms with Crippen LogP contribution in [0.15, 0.2) is 59.8 Å². The number of rotatable bonds is 10. The van der Waals surface area contributed by atoms with Gasteiger partial charge in [0.2, 0.25) is 11.7 Å². The first-order valence-electron chi connectivity index (χ1n) is 11.3. The molecular weight excluding hydrogens is 498 g/mol. The number of halogens is 1. The molecule has 37 heavy (non-hydrogen) atoms. The maximum atomic E-state index is 12.9. The highest BCUT2D eigenvalue weighted by molar-refractivity contribution is 6.30. The van der Waals surface area contributed by atoms with Crippen LogP contribution in [0, 0.1) is 0 Å². The van der Waals surface area contributed by atoms with Crippen LogP contribution in [0.3, 0.4) is 0 Å². The Hall–Kier alpha value is -4.31. The summed E-state index contributed by atoms with van der Waals surface area (Å²) in [6, 6.07) is 10.8. The number of ether oxygens (including phenoxy) is 3. The zero-order chi connectivity index (χ0) is 26.4. The average molecular weight is 524 g/mol. The lowest BCUT2D eigenvalue weighted by atomic mass is 10.1. The minimum Gasteiger partial charge on any atom is -0.493 e. The van der Waals surface area contributed by atoms with Crippen molar-refractivity contribution < 1.29 is 19.0 Å². The van der Waals surface area contributed by atoms with Crippen molar-refractivity contribution in [2.24, 2.45) is 0 Å². The molecule has 0 saturated carbocycles. The van der Waals surface area contributed by atoms with Gasteiger partial charge < -0.3 is 19.5 Å². The van der Waals surface area contributed by atoms with Crippen LogP contribution in [0.25, 0.3) is 17.1 Å². The third-order valence-corrected chi connectivity index (χ3v) is 5.88. The molecule has 0 aliphatic rings. The fourth-order valence-electron chi connectivity index (χ4n) is 3.77. The van der Waals surface area contributed by atoms with Gasteiger partial charge in [-0.05, 0) is 41.5 Å². The summed E-state index contributed by atoms with van der Waals surface area (Å²) < 4.78 is 19.1. The predicted molar refractivity (Wildman–Crippen MR) is 140 cm³/mol. The average Bonchev–Trinajstić information content (AvgIpc) is 3.33. The third kappa shape index (κ3) is 5.92. The summed E-state index contributed by atoms with van der Waals surface area (Å²) in [5.74, 6) is 1.17. The molecule has 0 unspecified atom stereocenters. The Bertz CT molecular complexity index is 1470. The second-order valence-electron chi connectivity index (χ2n) is 7.99. The summed E-state index contributed by atoms with van der Waals surface area (Å²) in [6.45, 7) is 1.02. The maximum absolute atomic E-state index is 12.9. The van der Waals surface area contributed by atoms with Gasteiger partial charge in [-0.2, -0.15) is 5.10 Å². The van der Waals surface area contributed by atoms with E-state index in [4.69, 9.17) is 25.8 Å². The zero-order valence-electron chi connectivity index (χ0n) is 20.6. The van der Waals surface area contributed by atoms with E-state index in [9.17, 15) is 9.59 Å². The summed E-state index contributed by atoms with van der Waals surface area (Å²) in [7, 11) is 4.58. The molecule has 1 amide bonds. The molecule has 0 fully saturated rings. The van der Waals surface area contributed by atoms with E-state index < -0.39 is 0 Å². The van der Waals surface area contributed by atoms with Crippen molar-refractivity contribution in [3.05, 3.63) is 81.5 Å². The summed E-state index contributed by atoms with van der Waals surface area (Å²) in [6.07, 6.45) is 6.05. The van der Waals surface area contributed by atoms with Crippen LogP contribution >= 0.6 is 11.6 Å². The number of nitrogens with zero attached hydrogens (tertiary/aromatic N) is 4. The summed E-state index contributed by atoms with van der Waals surface area (Å²) >= 11 is 5.93. The SMILES string of the molecule is COc1cc(/C=C\C(=O)NCCn2ncc3c(=O)n(Cc4ccc(Cl)cc4)cnc32)cc(OC)c1OC. The molecule has 10 nitrogen and oxygen atoms in total. The molecule has 2 aromatic carbocycles. The molecular formula is C26H26ClN5O5. The van der Waals surface area contributed by atoms with Crippen LogP contribution in [0.5, 0.6) is 17.2 Å². The lowest BCUT2D eigenvalue weighted by molar-refractivity contribution is -0.116. The Morgan fingerprint density at radius 3 is 2.43 bits per heavy atom. The number of benzene rings is 2. The monoisotopic (exact) mass is 523 g/mol. The number of methoxy groups -OCH3 is 3. The molecule has 4 rings (SSSR count). The minimum absolute atomic E-state index is 0.191. The van der Waals surface area contributed by atoms with Crippen molar-refractivity contribution in [2.75, 3.05) is 27.9 Å². The Morgan fingerprint density at radius 1 is 1.08 bits per heavy atom. The predicted octanol–water partition coefficient (Wildman–Crippen LogP) is 3.15. The van der Waals surface area contributed by atoms with E-state index in [1.54, 1.807) is 35.0 Å². The largest absolute Gasteiger partial charge is 0.493 e. The van der Waals surface area contributed by atoms with Gasteiger partial charge in [0, 0.05) is 17.6 Å². The molecule has 0 radical (unpaired) electrons. The highest BCUT2D eigenvalue weighted by atomic mass is 35.5. The number of carbonyl (C=O) groups is 1. The number of hydrogen-bond donors (Lipinski definition) is 1. The summed E-state index contributed by atoms with van der Waals surface area (Å²) in [5.41, 5.74) is 1.91. The molecule has 0 spiro atoms. The number of carbonyl (C=O) groups excluding carboxylic acids is 1. The normalized spacial score (nSPS) is 11.1. The van der Waals surface area contributed by atoms with Crippen LogP contribution in [0.1, 0.15) is 11.1 Å². The van der Waals surface area contributed by atoms with E-state index in [0.717, 1.165) is 5.56 Å². The van der Waals surface area contributed by atoms with Gasteiger partial charge in [-0.15, -0.1) is 0 Å². The first-order chi connectivity index (χ1) is 17.9. The van der Waals surface area contributed by atoms with Gasteiger partial charge in [-0.3, -0.25) is 14.2 Å². The Kier molecular flexibility index (Phi) is 8.09. The zero-order valence-corrected chi connectivity index (χ0v) is 21.4. The molecule has 0 aliphatic heterocycles. The van der Waals surface area contributed by atoms with Gasteiger partial charge in [-0.25, -0.2) is 9.67 Å². The number of nitrogens with one attached hydrogen (secondary N) is 1. The molecule has 2 aromatic heterocycles. The van der Waals surface area contributed by atoms with E-state index >= 15 is 0 Å². The van der Waals surface area contributed by atoms with Crippen LogP contribution < -0.4 is 25.1 Å². The fourth-order valence-corrected chi connectivity index (χ4v) is 3.90. The van der Waals surface area contributed by atoms with Crippen molar-refractivity contribution in [1.29, 1.82) is 0 Å². The van der Waals surface area contributed by atoms with E-state index in [1.165, 1.54) is 44.5 Å². The maximum Gasteiger partial charge on any atom is 0.264 e. The van der Waals surface area contributed by atoms with Crippen molar-refractivity contribution in [2.45, 2.75) is 13.1 Å². The number of amides is 1. The number of hydrogen-bond acceptors (Lipinski definition) is 7. The first-order valence-corrected chi connectivity index (χ1v) is 11.7. The first kappa shape index (κ1) is 25.8. The lowest BCUT2D eigenvalue weighted by Gasteiger charge is -2.12. The molecule has 4 aromatic rings. The summed E-state index contributed by atoms with van der Waals surface area (Å²) in [5, 5.41) is 8.12. The van der Waals surface area contributed by atoms with Gasteiger partial charge >= 0.3 is 0 Å². The highest BCUT2D eigenvalue weighted by Gasteiger charge is 2.13. The molecule has 11 heteroatoms. The molecule has 0 saturated heterocycles. The number of fused-ring (bicyclic) bond motifs is 1. The molecule has 1 N–H and O–H groups in total. The van der Waals surface area contributed by atoms with Crippen LogP contribution in [-0.4, -0.2) is 53.1 Å². The lowest BCUT2D eigenvalue weighted by Crippen LogP contribution is -2.26. The van der Waals surface area contributed by atoms with E-state index in [2.05, 4.69) is 15.4 Å². The summed E-state index contributed by atoms with van der Waals surface area (Å²) in [4.78, 5) is 29.6. The van der Waals surface area contributed by atoms with Gasteiger partial charge in [-0.1, -0.05) is 23.7 Å².